The van der Waals surface area contributed by atoms with Gasteiger partial charge >= 0.3 is 0 Å². The van der Waals surface area contributed by atoms with Gasteiger partial charge in [-0.05, 0) is 42.5 Å². The Hall–Kier alpha value is -2.95. The lowest BCUT2D eigenvalue weighted by Gasteiger charge is -2.06. The molecule has 120 valence electrons. The van der Waals surface area contributed by atoms with Gasteiger partial charge in [-0.25, -0.2) is 0 Å². The van der Waals surface area contributed by atoms with Gasteiger partial charge in [0.1, 0.15) is 23.0 Å². The zero-order chi connectivity index (χ0) is 16.8. The predicted molar refractivity (Wildman–Crippen MR) is 87.6 cm³/mol. The summed E-state index contributed by atoms with van der Waals surface area (Å²) in [6.45, 7) is 0. The molecule has 0 atom stereocenters. The molecule has 2 aromatic rings. The van der Waals surface area contributed by atoms with Crippen LogP contribution in [0.3, 0.4) is 0 Å². The molecule has 0 saturated carbocycles. The van der Waals surface area contributed by atoms with E-state index < -0.39 is 0 Å². The molecule has 1 N–H and O–H groups in total. The van der Waals surface area contributed by atoms with Crippen molar-refractivity contribution in [2.45, 2.75) is 0 Å². The van der Waals surface area contributed by atoms with Gasteiger partial charge in [0.2, 0.25) is 0 Å². The molecule has 2 rings (SSSR count). The molecule has 0 fully saturated rings. The number of hydrogen-bond donors (Lipinski definition) is 1. The van der Waals surface area contributed by atoms with Crippen LogP contribution in [0, 0.1) is 0 Å². The Bertz CT molecular complexity index is 712. The average Bonchev–Trinajstić information content (AvgIpc) is 2.60. The van der Waals surface area contributed by atoms with E-state index in [1.165, 1.54) is 39.5 Å². The topological polar surface area (TPSA) is 65.0 Å². The van der Waals surface area contributed by atoms with E-state index in [-0.39, 0.29) is 11.5 Å². The van der Waals surface area contributed by atoms with Gasteiger partial charge in [0, 0.05) is 17.2 Å². The first-order valence-electron chi connectivity index (χ1n) is 6.90. The van der Waals surface area contributed by atoms with Crippen molar-refractivity contribution in [3.05, 3.63) is 53.6 Å². The minimum absolute atomic E-state index is 0.0677. The van der Waals surface area contributed by atoms with Crippen molar-refractivity contribution >= 4 is 11.9 Å². The molecular formula is C18H18O5. The number of carbonyl (C=O) groups excluding carboxylic acids is 1. The third kappa shape index (κ3) is 4.03. The van der Waals surface area contributed by atoms with Crippen LogP contribution in [-0.4, -0.2) is 32.2 Å². The number of ketones is 1. The summed E-state index contributed by atoms with van der Waals surface area (Å²) < 4.78 is 15.4. The molecule has 0 spiro atoms. The van der Waals surface area contributed by atoms with Crippen molar-refractivity contribution < 1.29 is 24.1 Å². The van der Waals surface area contributed by atoms with Gasteiger partial charge in [-0.3, -0.25) is 4.79 Å². The fourth-order valence-corrected chi connectivity index (χ4v) is 2.00. The van der Waals surface area contributed by atoms with Crippen LogP contribution in [0.15, 0.2) is 42.5 Å². The summed E-state index contributed by atoms with van der Waals surface area (Å²) in [7, 11) is 4.58. The number of phenolic OH excluding ortho intramolecular Hbond substituents is 1. The highest BCUT2D eigenvalue weighted by Gasteiger charge is 2.08. The van der Waals surface area contributed by atoms with Crippen LogP contribution in [-0.2, 0) is 0 Å². The minimum Gasteiger partial charge on any atom is -0.507 e. The van der Waals surface area contributed by atoms with Gasteiger partial charge in [0.05, 0.1) is 21.3 Å². The summed E-state index contributed by atoms with van der Waals surface area (Å²) in [5, 5.41) is 9.82. The molecule has 0 saturated heterocycles. The van der Waals surface area contributed by atoms with Gasteiger partial charge in [-0.15, -0.1) is 0 Å². The number of allylic oxidation sites excluding steroid dienone is 1. The summed E-state index contributed by atoms with van der Waals surface area (Å²) in [6, 6.07) is 9.74. The van der Waals surface area contributed by atoms with Gasteiger partial charge in [0.15, 0.2) is 5.78 Å². The van der Waals surface area contributed by atoms with E-state index in [1.54, 1.807) is 30.3 Å². The molecule has 0 radical (unpaired) electrons. The molecule has 5 heteroatoms. The molecule has 0 bridgehead atoms. The van der Waals surface area contributed by atoms with E-state index >= 15 is 0 Å². The Morgan fingerprint density at radius 1 is 0.913 bits per heavy atom. The Morgan fingerprint density at radius 3 is 2.09 bits per heavy atom. The van der Waals surface area contributed by atoms with Crippen LogP contribution in [0.2, 0.25) is 0 Å². The summed E-state index contributed by atoms with van der Waals surface area (Å²) in [4.78, 5) is 12.3. The second-order valence-electron chi connectivity index (χ2n) is 4.72. The fraction of sp³-hybridized carbons (Fsp3) is 0.167. The Balaban J connectivity index is 2.28. The molecular weight excluding hydrogens is 296 g/mol. The van der Waals surface area contributed by atoms with Gasteiger partial charge < -0.3 is 19.3 Å². The first kappa shape index (κ1) is 16.4. The van der Waals surface area contributed by atoms with Crippen molar-refractivity contribution in [3.8, 4) is 23.0 Å². The molecule has 0 aliphatic rings. The van der Waals surface area contributed by atoms with E-state index in [1.807, 2.05) is 0 Å². The third-order valence-electron chi connectivity index (χ3n) is 3.28. The quantitative estimate of drug-likeness (QED) is 0.654. The summed E-state index contributed by atoms with van der Waals surface area (Å²) >= 11 is 0. The molecule has 23 heavy (non-hydrogen) atoms. The lowest BCUT2D eigenvalue weighted by Crippen LogP contribution is -1.97. The Morgan fingerprint density at radius 2 is 1.52 bits per heavy atom. The molecule has 0 unspecified atom stereocenters. The molecule has 0 aliphatic heterocycles. The average molecular weight is 314 g/mol. The number of ether oxygens (including phenoxy) is 3. The summed E-state index contributed by atoms with van der Waals surface area (Å²) in [5.41, 5.74) is 0.924. The monoisotopic (exact) mass is 314 g/mol. The van der Waals surface area contributed by atoms with E-state index in [2.05, 4.69) is 0 Å². The maximum atomic E-state index is 12.3. The van der Waals surface area contributed by atoms with E-state index in [4.69, 9.17) is 14.2 Å². The Kier molecular flexibility index (Phi) is 5.25. The maximum Gasteiger partial charge on any atom is 0.186 e. The van der Waals surface area contributed by atoms with E-state index in [0.717, 1.165) is 0 Å². The third-order valence-corrected chi connectivity index (χ3v) is 3.28. The van der Waals surface area contributed by atoms with Crippen LogP contribution in [0.1, 0.15) is 15.9 Å². The molecule has 0 heterocycles. The first-order chi connectivity index (χ1) is 11.1. The second-order valence-corrected chi connectivity index (χ2v) is 4.72. The summed E-state index contributed by atoms with van der Waals surface area (Å²) in [6.07, 6.45) is 2.91. The molecule has 0 aliphatic carbocycles. The van der Waals surface area contributed by atoms with Crippen LogP contribution in [0.5, 0.6) is 23.0 Å². The van der Waals surface area contributed by atoms with Gasteiger partial charge in [-0.1, -0.05) is 0 Å². The summed E-state index contributed by atoms with van der Waals surface area (Å²) in [5.74, 6) is 1.50. The van der Waals surface area contributed by atoms with Crippen LogP contribution >= 0.6 is 0 Å². The number of hydrogen-bond acceptors (Lipinski definition) is 5. The molecule has 2 aromatic carbocycles. The van der Waals surface area contributed by atoms with Crippen molar-refractivity contribution in [2.75, 3.05) is 21.3 Å². The Labute approximate surface area is 134 Å². The highest BCUT2D eigenvalue weighted by atomic mass is 16.5. The number of rotatable bonds is 6. The van der Waals surface area contributed by atoms with Crippen molar-refractivity contribution in [3.63, 3.8) is 0 Å². The normalized spacial score (nSPS) is 10.6. The largest absolute Gasteiger partial charge is 0.507 e. The van der Waals surface area contributed by atoms with E-state index in [9.17, 15) is 9.90 Å². The van der Waals surface area contributed by atoms with Crippen LogP contribution < -0.4 is 14.2 Å². The zero-order valence-corrected chi connectivity index (χ0v) is 13.2. The molecule has 0 aromatic heterocycles. The minimum atomic E-state index is -0.232. The lowest BCUT2D eigenvalue weighted by molar-refractivity contribution is 0.104. The van der Waals surface area contributed by atoms with E-state index in [0.29, 0.717) is 28.4 Å². The number of benzene rings is 2. The van der Waals surface area contributed by atoms with Crippen molar-refractivity contribution in [1.29, 1.82) is 0 Å². The maximum absolute atomic E-state index is 12.3. The van der Waals surface area contributed by atoms with Gasteiger partial charge in [-0.2, -0.15) is 0 Å². The second kappa shape index (κ2) is 7.35. The SMILES string of the molecule is COc1cc(OC)cc(C(=O)C=Cc2cc(OC)ccc2O)c1. The smallest absolute Gasteiger partial charge is 0.186 e. The standard InChI is InChI=1S/C18H18O5/c1-21-14-5-7-17(19)12(8-14)4-6-18(20)13-9-15(22-2)11-16(10-13)23-3/h4-11,19H,1-3H3. The zero-order valence-electron chi connectivity index (χ0n) is 13.2. The molecule has 0 amide bonds. The predicted octanol–water partition coefficient (Wildman–Crippen LogP) is 3.31. The van der Waals surface area contributed by atoms with Crippen molar-refractivity contribution in [2.24, 2.45) is 0 Å². The first-order valence-corrected chi connectivity index (χ1v) is 6.90. The van der Waals surface area contributed by atoms with Gasteiger partial charge in [0.25, 0.3) is 0 Å². The van der Waals surface area contributed by atoms with Crippen LogP contribution in [0.25, 0.3) is 6.08 Å². The fourth-order valence-electron chi connectivity index (χ4n) is 2.00. The van der Waals surface area contributed by atoms with Crippen LogP contribution in [0.4, 0.5) is 0 Å². The number of carbonyl (C=O) groups is 1. The molecule has 5 nitrogen and oxygen atoms in total. The van der Waals surface area contributed by atoms with Crippen molar-refractivity contribution in [1.82, 2.24) is 0 Å². The lowest BCUT2D eigenvalue weighted by atomic mass is 10.1. The number of phenols is 1. The number of methoxy groups -OCH3 is 3. The number of aromatic hydroxyl groups is 1. The highest BCUT2D eigenvalue weighted by molar-refractivity contribution is 6.07. The highest BCUT2D eigenvalue weighted by Crippen LogP contribution is 2.25.